The Kier molecular flexibility index (Phi) is 7.05. The molecule has 4 aromatic rings. The fourth-order valence-corrected chi connectivity index (χ4v) is 9.48. The lowest BCUT2D eigenvalue weighted by Gasteiger charge is -2.34. The molecule has 1 nitrogen and oxygen atoms in total. The van der Waals surface area contributed by atoms with Crippen molar-refractivity contribution in [1.82, 2.24) is 0 Å². The molecule has 0 saturated carbocycles. The lowest BCUT2D eigenvalue weighted by Crippen LogP contribution is -2.24. The van der Waals surface area contributed by atoms with Crippen LogP contribution in [0, 0.1) is 0 Å². The number of benzene rings is 4. The molecule has 0 saturated heterocycles. The largest absolute Gasteiger partial charge is 0.317 e. The standard InChI is InChI=1S/C44H37NS/c1-3-13-37-31(9-1)11-7-16-38(37)33-21-26-36(27-22-33)45(42-17-8-12-32-10-2-4-14-39(32)42)35-24-19-30(20-25-35)34-23-28-41-40-15-5-6-18-43(40)46-44(41)29-34/h1-4,6-14,16-19,21,23-24,26,28,44H,5,15,20,22,25,27,29H2. The van der Waals surface area contributed by atoms with Crippen molar-refractivity contribution in [2.75, 3.05) is 4.90 Å². The van der Waals surface area contributed by atoms with Crippen molar-refractivity contribution in [2.45, 2.75) is 50.2 Å². The van der Waals surface area contributed by atoms with E-state index in [1.807, 2.05) is 0 Å². The SMILES string of the molecule is C1=CC2=C(CC1)C1=CC=C(C3=CC=C(N(C4=CC=C(c5cccc6ccccc56)CC4)c4cccc5ccccc45)CC3)CC1S2. The van der Waals surface area contributed by atoms with Crippen LogP contribution in [0.2, 0.25) is 0 Å². The zero-order chi connectivity index (χ0) is 30.5. The molecule has 0 radical (unpaired) electrons. The van der Waals surface area contributed by atoms with E-state index in [-0.39, 0.29) is 0 Å². The second-order valence-electron chi connectivity index (χ2n) is 13.0. The van der Waals surface area contributed by atoms with Crippen LogP contribution in [0.25, 0.3) is 27.1 Å². The Morgan fingerprint density at radius 2 is 1.24 bits per heavy atom. The van der Waals surface area contributed by atoms with Gasteiger partial charge in [-0.05, 0) is 113 Å². The minimum absolute atomic E-state index is 0.585. The molecule has 1 aliphatic heterocycles. The van der Waals surface area contributed by atoms with Gasteiger partial charge in [0.15, 0.2) is 0 Å². The number of hydrogen-bond donors (Lipinski definition) is 0. The zero-order valence-corrected chi connectivity index (χ0v) is 26.9. The van der Waals surface area contributed by atoms with Gasteiger partial charge in [-0.2, -0.15) is 0 Å². The van der Waals surface area contributed by atoms with Crippen LogP contribution in [0.1, 0.15) is 50.5 Å². The summed E-state index contributed by atoms with van der Waals surface area (Å²) in [6, 6.07) is 31.1. The van der Waals surface area contributed by atoms with E-state index in [9.17, 15) is 0 Å². The molecule has 0 aromatic heterocycles. The maximum Gasteiger partial charge on any atom is 0.0533 e. The van der Waals surface area contributed by atoms with Gasteiger partial charge in [0.1, 0.15) is 0 Å². The summed E-state index contributed by atoms with van der Waals surface area (Å²) < 4.78 is 0. The first-order valence-corrected chi connectivity index (χ1v) is 17.7. The quantitative estimate of drug-likeness (QED) is 0.221. The van der Waals surface area contributed by atoms with Gasteiger partial charge in [0.25, 0.3) is 0 Å². The average molecular weight is 612 g/mol. The molecule has 0 bridgehead atoms. The molecule has 1 atom stereocenters. The van der Waals surface area contributed by atoms with Crippen molar-refractivity contribution in [3.63, 3.8) is 0 Å². The van der Waals surface area contributed by atoms with E-state index in [1.165, 1.54) is 78.7 Å². The van der Waals surface area contributed by atoms with E-state index < -0.39 is 0 Å². The number of fused-ring (bicyclic) bond motifs is 4. The zero-order valence-electron chi connectivity index (χ0n) is 26.1. The second kappa shape index (κ2) is 11.7. The third-order valence-corrected chi connectivity index (χ3v) is 11.7. The highest BCUT2D eigenvalue weighted by Crippen LogP contribution is 2.51. The van der Waals surface area contributed by atoms with Crippen LogP contribution in [-0.4, -0.2) is 5.25 Å². The van der Waals surface area contributed by atoms with Crippen LogP contribution in [0.15, 0.2) is 172 Å². The maximum atomic E-state index is 2.58. The van der Waals surface area contributed by atoms with Crippen molar-refractivity contribution < 1.29 is 0 Å². The minimum Gasteiger partial charge on any atom is -0.317 e. The Labute approximate surface area is 276 Å². The predicted molar refractivity (Wildman–Crippen MR) is 199 cm³/mol. The molecular formula is C44H37NS. The lowest BCUT2D eigenvalue weighted by molar-refractivity contribution is 0.813. The summed E-state index contributed by atoms with van der Waals surface area (Å²) in [5.74, 6) is 0. The van der Waals surface area contributed by atoms with Crippen LogP contribution in [-0.2, 0) is 0 Å². The molecular weight excluding hydrogens is 575 g/mol. The lowest BCUT2D eigenvalue weighted by atomic mass is 9.84. The summed E-state index contributed by atoms with van der Waals surface area (Å²) in [4.78, 5) is 4.09. The van der Waals surface area contributed by atoms with E-state index in [4.69, 9.17) is 0 Å². The van der Waals surface area contributed by atoms with Crippen LogP contribution in [0.3, 0.4) is 0 Å². The Bertz CT molecular complexity index is 2150. The molecule has 1 unspecified atom stereocenters. The van der Waals surface area contributed by atoms with E-state index in [0.29, 0.717) is 5.25 Å². The molecule has 1 heterocycles. The van der Waals surface area contributed by atoms with Gasteiger partial charge in [0.2, 0.25) is 0 Å². The van der Waals surface area contributed by atoms with Crippen LogP contribution < -0.4 is 4.90 Å². The molecule has 4 aliphatic carbocycles. The molecule has 224 valence electrons. The summed E-state index contributed by atoms with van der Waals surface area (Å²) in [6.45, 7) is 0. The molecule has 46 heavy (non-hydrogen) atoms. The second-order valence-corrected chi connectivity index (χ2v) is 14.2. The molecule has 5 aliphatic rings. The number of anilines is 1. The third-order valence-electron chi connectivity index (χ3n) is 10.3. The van der Waals surface area contributed by atoms with Gasteiger partial charge in [0, 0.05) is 26.9 Å². The topological polar surface area (TPSA) is 3.24 Å². The average Bonchev–Trinajstić information content (AvgIpc) is 3.50. The van der Waals surface area contributed by atoms with Crippen molar-refractivity contribution in [1.29, 1.82) is 0 Å². The monoisotopic (exact) mass is 611 g/mol. The van der Waals surface area contributed by atoms with Gasteiger partial charge in [-0.15, -0.1) is 11.8 Å². The highest BCUT2D eigenvalue weighted by molar-refractivity contribution is 8.04. The van der Waals surface area contributed by atoms with Gasteiger partial charge in [-0.3, -0.25) is 0 Å². The first-order valence-electron chi connectivity index (χ1n) is 16.8. The Hall–Kier alpha value is -4.53. The molecule has 0 fully saturated rings. The van der Waals surface area contributed by atoms with E-state index in [0.717, 1.165) is 32.1 Å². The molecule has 0 N–H and O–H groups in total. The van der Waals surface area contributed by atoms with E-state index in [1.54, 1.807) is 11.1 Å². The number of rotatable bonds is 5. The third kappa shape index (κ3) is 4.87. The normalized spacial score (nSPS) is 20.7. The summed E-state index contributed by atoms with van der Waals surface area (Å²) in [6.07, 6.45) is 26.9. The van der Waals surface area contributed by atoms with Crippen molar-refractivity contribution in [3.05, 3.63) is 178 Å². The van der Waals surface area contributed by atoms with Crippen LogP contribution in [0.5, 0.6) is 0 Å². The number of allylic oxidation sites excluding steroid dienone is 14. The number of thioether (sulfide) groups is 1. The number of hydrogen-bond acceptors (Lipinski definition) is 2. The van der Waals surface area contributed by atoms with Gasteiger partial charge < -0.3 is 4.90 Å². The first kappa shape index (κ1) is 27.8. The molecule has 9 rings (SSSR count). The highest BCUT2D eigenvalue weighted by Gasteiger charge is 2.33. The van der Waals surface area contributed by atoms with E-state index >= 15 is 0 Å². The smallest absolute Gasteiger partial charge is 0.0533 e. The molecule has 0 amide bonds. The Morgan fingerprint density at radius 3 is 2.02 bits per heavy atom. The van der Waals surface area contributed by atoms with Crippen LogP contribution >= 0.6 is 11.8 Å². The van der Waals surface area contributed by atoms with Gasteiger partial charge in [-0.1, -0.05) is 115 Å². The fraction of sp³-hybridized carbons (Fsp3) is 0.182. The summed E-state index contributed by atoms with van der Waals surface area (Å²) in [5.41, 5.74) is 13.1. The minimum atomic E-state index is 0.585. The summed E-state index contributed by atoms with van der Waals surface area (Å²) in [5, 5.41) is 5.83. The maximum absolute atomic E-state index is 2.58. The molecule has 4 aromatic carbocycles. The van der Waals surface area contributed by atoms with E-state index in [2.05, 4.69) is 150 Å². The van der Waals surface area contributed by atoms with Gasteiger partial charge in [0.05, 0.1) is 5.69 Å². The van der Waals surface area contributed by atoms with Crippen molar-refractivity contribution in [2.24, 2.45) is 0 Å². The number of nitrogens with zero attached hydrogens (tertiary/aromatic N) is 1. The first-order chi connectivity index (χ1) is 22.8. The Balaban J connectivity index is 1.08. The van der Waals surface area contributed by atoms with Crippen LogP contribution in [0.4, 0.5) is 5.69 Å². The van der Waals surface area contributed by atoms with Crippen molar-refractivity contribution in [3.8, 4) is 0 Å². The molecule has 0 spiro atoms. The van der Waals surface area contributed by atoms with Gasteiger partial charge >= 0.3 is 0 Å². The predicted octanol–water partition coefficient (Wildman–Crippen LogP) is 12.1. The van der Waals surface area contributed by atoms with Crippen molar-refractivity contribution >= 4 is 44.6 Å². The molecule has 2 heteroatoms. The summed E-state index contributed by atoms with van der Waals surface area (Å²) >= 11 is 2.09. The highest BCUT2D eigenvalue weighted by atomic mass is 32.2. The summed E-state index contributed by atoms with van der Waals surface area (Å²) in [7, 11) is 0. The van der Waals surface area contributed by atoms with Gasteiger partial charge in [-0.25, -0.2) is 0 Å². The Morgan fingerprint density at radius 1 is 0.565 bits per heavy atom. The fourth-order valence-electron chi connectivity index (χ4n) is 8.03.